The van der Waals surface area contributed by atoms with Crippen LogP contribution < -0.4 is 15.3 Å². The molecule has 6 nitrogen and oxygen atoms in total. The van der Waals surface area contributed by atoms with Crippen LogP contribution in [0.5, 0.6) is 0 Å². The van der Waals surface area contributed by atoms with Gasteiger partial charge in [0.05, 0.1) is 0 Å². The Hall–Kier alpha value is -2.13. The van der Waals surface area contributed by atoms with Gasteiger partial charge in [-0.05, 0) is 56.3 Å². The molecule has 0 unspecified atom stereocenters. The van der Waals surface area contributed by atoms with Gasteiger partial charge < -0.3 is 15.3 Å². The third-order valence-electron chi connectivity index (χ3n) is 1.84. The summed E-state index contributed by atoms with van der Waals surface area (Å²) in [7, 11) is 0. The molecule has 0 saturated carbocycles. The molecule has 0 atom stereocenters. The maximum absolute atomic E-state index is 11.3. The summed E-state index contributed by atoms with van der Waals surface area (Å²) in [6.07, 6.45) is -14.7. The Kier molecular flexibility index (Phi) is 17.3. The molecular formula is C15H12F9InO6. The molecule has 0 fully saturated rings. The molecule has 0 rings (SSSR count). The van der Waals surface area contributed by atoms with Gasteiger partial charge >= 0.3 is 44.4 Å². The Balaban J connectivity index is -0.000000174. The molecule has 0 aliphatic heterocycles. The van der Waals surface area contributed by atoms with E-state index in [4.69, 9.17) is 0 Å². The van der Waals surface area contributed by atoms with E-state index in [1.165, 1.54) is 0 Å². The van der Waals surface area contributed by atoms with Gasteiger partial charge in [0.25, 0.3) is 0 Å². The van der Waals surface area contributed by atoms with Gasteiger partial charge in [-0.2, -0.15) is 39.5 Å². The second-order valence-corrected chi connectivity index (χ2v) is 4.85. The van der Waals surface area contributed by atoms with E-state index in [1.807, 2.05) is 0 Å². The van der Waals surface area contributed by atoms with Crippen LogP contribution in [0.3, 0.4) is 0 Å². The van der Waals surface area contributed by atoms with Gasteiger partial charge in [-0.15, -0.1) is 0 Å². The molecule has 31 heavy (non-hydrogen) atoms. The van der Waals surface area contributed by atoms with Gasteiger partial charge in [-0.3, -0.25) is 14.4 Å². The van der Waals surface area contributed by atoms with E-state index in [2.05, 4.69) is 0 Å². The van der Waals surface area contributed by atoms with E-state index >= 15 is 0 Å². The zero-order valence-electron chi connectivity index (χ0n) is 15.7. The number of halogens is 9. The van der Waals surface area contributed by atoms with E-state index in [-0.39, 0.29) is 44.1 Å². The quantitative estimate of drug-likeness (QED) is 0.279. The van der Waals surface area contributed by atoms with Gasteiger partial charge in [-0.1, -0.05) is 0 Å². The molecule has 0 aromatic rings. The van der Waals surface area contributed by atoms with Crippen LogP contribution in [-0.4, -0.2) is 61.7 Å². The summed E-state index contributed by atoms with van der Waals surface area (Å²) in [6.45, 7) is 2.64. The predicted octanol–water partition coefficient (Wildman–Crippen LogP) is 0.765. The fourth-order valence-electron chi connectivity index (χ4n) is 0.799. The number of carbonyl (C=O) groups is 3. The number of alkyl halides is 9. The number of carbonyl (C=O) groups excluding carboxylic acids is 3. The van der Waals surface area contributed by atoms with Gasteiger partial charge in [-0.25, -0.2) is 0 Å². The third-order valence-corrected chi connectivity index (χ3v) is 1.84. The van der Waals surface area contributed by atoms with Gasteiger partial charge in [0.2, 0.25) is 0 Å². The number of hydrogen-bond acceptors (Lipinski definition) is 6. The molecule has 174 valence electrons. The smallest absolute Gasteiger partial charge is 0.869 e. The molecule has 0 amide bonds. The molecule has 0 saturated heterocycles. The monoisotopic (exact) mass is 574 g/mol. The number of hydrogen-bond donors (Lipinski definition) is 0. The second kappa shape index (κ2) is 14.8. The standard InChI is InChI=1S/3C5H5F3O2.In/c3*1-3(9)2-4(10)5(6,7)8;/h3*2,10H,1H3;/q;;;+3/p-3. The first-order valence-corrected chi connectivity index (χ1v) is 6.91. The average Bonchev–Trinajstić information content (AvgIpc) is 2.43. The normalized spacial score (nSPS) is 13.0. The SMILES string of the molecule is CC(=O)C=C([O-])C(F)(F)F.CC(=O)C=C([O-])C(F)(F)F.CC(=O)C=C([O-])C(F)(F)F.[In+3]. The van der Waals surface area contributed by atoms with E-state index < -0.39 is 53.2 Å². The van der Waals surface area contributed by atoms with Crippen molar-refractivity contribution < 1.29 is 69.2 Å². The molecule has 0 spiro atoms. The van der Waals surface area contributed by atoms with E-state index in [0.717, 1.165) is 20.8 Å². The summed E-state index contributed by atoms with van der Waals surface area (Å²) in [5.41, 5.74) is 0. The van der Waals surface area contributed by atoms with Crippen molar-refractivity contribution in [1.82, 2.24) is 0 Å². The van der Waals surface area contributed by atoms with Crippen molar-refractivity contribution >= 4 is 43.2 Å². The molecule has 0 aromatic carbocycles. The van der Waals surface area contributed by atoms with Crippen LogP contribution in [0.4, 0.5) is 39.5 Å². The topological polar surface area (TPSA) is 120 Å². The fourth-order valence-corrected chi connectivity index (χ4v) is 0.799. The number of allylic oxidation sites excluding steroid dienone is 6. The number of rotatable bonds is 3. The average molecular weight is 574 g/mol. The van der Waals surface area contributed by atoms with Crippen LogP contribution >= 0.6 is 0 Å². The minimum atomic E-state index is -4.92. The molecule has 0 N–H and O–H groups in total. The molecule has 0 aliphatic rings. The van der Waals surface area contributed by atoms with E-state index in [1.54, 1.807) is 0 Å². The Morgan fingerprint density at radius 3 is 0.677 bits per heavy atom. The van der Waals surface area contributed by atoms with Crippen LogP contribution in [0, 0.1) is 0 Å². The zero-order valence-corrected chi connectivity index (χ0v) is 19.0. The summed E-state index contributed by atoms with van der Waals surface area (Å²) in [4.78, 5) is 29.8. The van der Waals surface area contributed by atoms with Crippen LogP contribution in [0.25, 0.3) is 0 Å². The van der Waals surface area contributed by atoms with Gasteiger partial charge in [0, 0.05) is 0 Å². The molecule has 0 heterocycles. The van der Waals surface area contributed by atoms with Crippen LogP contribution in [0.1, 0.15) is 20.8 Å². The van der Waals surface area contributed by atoms with Crippen LogP contribution in [0.2, 0.25) is 0 Å². The summed E-state index contributed by atoms with van der Waals surface area (Å²) >= 11 is 0. The first-order chi connectivity index (χ1) is 13.0. The summed E-state index contributed by atoms with van der Waals surface area (Å²) in [6, 6.07) is 0. The minimum absolute atomic E-state index is 0. The number of ketones is 3. The van der Waals surface area contributed by atoms with Gasteiger partial charge in [0.1, 0.15) is 0 Å². The largest absolute Gasteiger partial charge is 3.00 e. The van der Waals surface area contributed by atoms with E-state index in [0.29, 0.717) is 0 Å². The summed E-state index contributed by atoms with van der Waals surface area (Å²) < 4.78 is 101. The Morgan fingerprint density at radius 1 is 0.516 bits per heavy atom. The molecular weight excluding hydrogens is 562 g/mol. The van der Waals surface area contributed by atoms with Crippen molar-refractivity contribution in [2.45, 2.75) is 39.3 Å². The van der Waals surface area contributed by atoms with Crippen molar-refractivity contribution in [2.24, 2.45) is 0 Å². The van der Waals surface area contributed by atoms with Gasteiger partial charge in [0.15, 0.2) is 17.3 Å². The fraction of sp³-hybridized carbons (Fsp3) is 0.400. The third kappa shape index (κ3) is 24.0. The molecule has 0 aliphatic carbocycles. The van der Waals surface area contributed by atoms with Crippen molar-refractivity contribution in [2.75, 3.05) is 0 Å². The summed E-state index contributed by atoms with van der Waals surface area (Å²) in [5, 5.41) is 29.6. The Bertz CT molecular complexity index is 606. The molecule has 0 bridgehead atoms. The van der Waals surface area contributed by atoms with Crippen molar-refractivity contribution in [3.05, 3.63) is 35.5 Å². The summed E-state index contributed by atoms with van der Waals surface area (Å²) in [5.74, 6) is -9.04. The Labute approximate surface area is 187 Å². The van der Waals surface area contributed by atoms with Crippen molar-refractivity contribution in [3.8, 4) is 0 Å². The maximum Gasteiger partial charge on any atom is 3.00 e. The first kappa shape index (κ1) is 36.3. The van der Waals surface area contributed by atoms with Crippen molar-refractivity contribution in [1.29, 1.82) is 0 Å². The first-order valence-electron chi connectivity index (χ1n) is 6.91. The maximum atomic E-state index is 11.3. The molecule has 16 heteroatoms. The zero-order chi connectivity index (χ0) is 25.1. The predicted molar refractivity (Wildman–Crippen MR) is 80.2 cm³/mol. The van der Waals surface area contributed by atoms with Crippen LogP contribution in [0.15, 0.2) is 35.5 Å². The van der Waals surface area contributed by atoms with Crippen LogP contribution in [-0.2, 0) is 14.4 Å². The second-order valence-electron chi connectivity index (χ2n) is 4.85. The van der Waals surface area contributed by atoms with E-state index in [9.17, 15) is 69.2 Å². The molecule has 0 aromatic heterocycles. The Morgan fingerprint density at radius 2 is 0.645 bits per heavy atom. The molecule has 0 radical (unpaired) electrons. The minimum Gasteiger partial charge on any atom is -0.869 e. The van der Waals surface area contributed by atoms with Crippen molar-refractivity contribution in [3.63, 3.8) is 0 Å².